The summed E-state index contributed by atoms with van der Waals surface area (Å²) in [6.07, 6.45) is 0.439. The van der Waals surface area contributed by atoms with Gasteiger partial charge in [0, 0.05) is 31.4 Å². The molecule has 1 fully saturated rings. The minimum absolute atomic E-state index is 0.0232. The molecule has 1 aromatic rings. The van der Waals surface area contributed by atoms with Gasteiger partial charge in [-0.05, 0) is 51.8 Å². The Morgan fingerprint density at radius 3 is 2.46 bits per heavy atom. The molecule has 3 rings (SSSR count). The molecule has 2 amide bonds. The molecule has 0 aromatic heterocycles. The number of amides is 2. The van der Waals surface area contributed by atoms with Crippen molar-refractivity contribution in [2.24, 2.45) is 0 Å². The number of aliphatic hydroxyl groups is 1. The highest BCUT2D eigenvalue weighted by Crippen LogP contribution is 2.25. The first-order valence-electron chi connectivity index (χ1n) is 11.9. The van der Waals surface area contributed by atoms with E-state index < -0.39 is 33.6 Å². The molecule has 13 heteroatoms. The van der Waals surface area contributed by atoms with Gasteiger partial charge in [-0.2, -0.15) is 0 Å². The molecule has 0 aliphatic carbocycles. The summed E-state index contributed by atoms with van der Waals surface area (Å²) in [5, 5.41) is 12.1. The van der Waals surface area contributed by atoms with Crippen molar-refractivity contribution in [2.75, 3.05) is 45.2 Å². The van der Waals surface area contributed by atoms with Crippen LogP contribution < -0.4 is 10.0 Å². The van der Waals surface area contributed by atoms with Crippen LogP contribution in [-0.4, -0.2) is 92.8 Å². The monoisotopic (exact) mass is 538 g/mol. The fourth-order valence-corrected chi connectivity index (χ4v) is 5.38. The van der Waals surface area contributed by atoms with Crippen molar-refractivity contribution in [2.45, 2.75) is 50.2 Å². The maximum atomic E-state index is 13.1. The average Bonchev–Trinajstić information content (AvgIpc) is 3.13. The van der Waals surface area contributed by atoms with Gasteiger partial charge >= 0.3 is 12.1 Å². The van der Waals surface area contributed by atoms with Crippen molar-refractivity contribution in [3.8, 4) is 0 Å². The minimum Gasteiger partial charge on any atom is -0.466 e. The number of β-amino-alcohol motifs (C(OH)–C–C–N with tert-alkyl or cyclic N) is 1. The molecule has 2 aliphatic rings. The lowest BCUT2D eigenvalue weighted by Gasteiger charge is -2.33. The molecule has 3 N–H and O–H groups in total. The van der Waals surface area contributed by atoms with E-state index in [-0.39, 0.29) is 41.9 Å². The number of ether oxygens (including phenoxy) is 2. The Morgan fingerprint density at radius 2 is 1.86 bits per heavy atom. The van der Waals surface area contributed by atoms with Crippen molar-refractivity contribution in [3.63, 3.8) is 0 Å². The van der Waals surface area contributed by atoms with Crippen molar-refractivity contribution in [3.05, 3.63) is 35.5 Å². The van der Waals surface area contributed by atoms with Crippen LogP contribution in [0.2, 0.25) is 0 Å². The molecular formula is C24H34N4O8S. The third kappa shape index (κ3) is 7.21. The molecule has 2 heterocycles. The summed E-state index contributed by atoms with van der Waals surface area (Å²) >= 11 is 0. The predicted octanol–water partition coefficient (Wildman–Crippen LogP) is 1.04. The quantitative estimate of drug-likeness (QED) is 0.412. The molecule has 0 radical (unpaired) electrons. The Labute approximate surface area is 216 Å². The zero-order valence-corrected chi connectivity index (χ0v) is 22.3. The van der Waals surface area contributed by atoms with E-state index in [0.717, 1.165) is 0 Å². The van der Waals surface area contributed by atoms with Crippen molar-refractivity contribution >= 4 is 33.7 Å². The van der Waals surface area contributed by atoms with Crippen LogP contribution in [-0.2, 0) is 29.1 Å². The molecule has 37 heavy (non-hydrogen) atoms. The summed E-state index contributed by atoms with van der Waals surface area (Å²) in [5.74, 6) is -1.20. The van der Waals surface area contributed by atoms with Gasteiger partial charge in [0.05, 0.1) is 30.7 Å². The number of rotatable bonds is 8. The highest BCUT2D eigenvalue weighted by Gasteiger charge is 2.35. The number of hydrogen-bond acceptors (Lipinski definition) is 9. The largest absolute Gasteiger partial charge is 0.466 e. The molecule has 12 nitrogen and oxygen atoms in total. The number of anilines is 1. The van der Waals surface area contributed by atoms with Gasteiger partial charge < -0.3 is 29.7 Å². The fraction of sp³-hybridized carbons (Fsp3) is 0.542. The Morgan fingerprint density at radius 1 is 1.19 bits per heavy atom. The highest BCUT2D eigenvalue weighted by molar-refractivity contribution is 7.89. The third-order valence-electron chi connectivity index (χ3n) is 5.84. The number of benzene rings is 1. The number of nitrogens with one attached hydrogen (secondary N) is 2. The van der Waals surface area contributed by atoms with E-state index in [4.69, 9.17) is 9.47 Å². The van der Waals surface area contributed by atoms with Crippen LogP contribution in [0.1, 0.15) is 33.6 Å². The Balaban J connectivity index is 1.69. The third-order valence-corrected chi connectivity index (χ3v) is 7.35. The van der Waals surface area contributed by atoms with Crippen LogP contribution in [0.4, 0.5) is 10.5 Å². The molecule has 2 aliphatic heterocycles. The highest BCUT2D eigenvalue weighted by atomic mass is 32.2. The Bertz CT molecular complexity index is 1170. The standard InChI is InChI=1S/C24H34N4O8S/c1-24(2,3)36-23(32)27-10-8-16(9-11-27)26-37(33,34)18-7-5-6-17(14-18)25-20-19(22(31)35-4)15-28(12-13-29)21(20)30/h5-7,14,16,25-26,29H,8-13,15H2,1-4H3. The van der Waals surface area contributed by atoms with Gasteiger partial charge in [-0.15, -0.1) is 0 Å². The molecule has 0 unspecified atom stereocenters. The molecule has 0 atom stereocenters. The summed E-state index contributed by atoms with van der Waals surface area (Å²) in [7, 11) is -2.71. The number of aliphatic hydroxyl groups excluding tert-OH is 1. The SMILES string of the molecule is COC(=O)C1=C(Nc2cccc(S(=O)(=O)NC3CCN(C(=O)OC(C)(C)C)CC3)c2)C(=O)N(CCO)C1. The van der Waals surface area contributed by atoms with Crippen LogP contribution in [0.5, 0.6) is 0 Å². The van der Waals surface area contributed by atoms with E-state index in [0.29, 0.717) is 31.6 Å². The summed E-state index contributed by atoms with van der Waals surface area (Å²) in [6.45, 7) is 5.82. The van der Waals surface area contributed by atoms with Gasteiger partial charge in [0.1, 0.15) is 11.3 Å². The molecular weight excluding hydrogens is 504 g/mol. The van der Waals surface area contributed by atoms with Gasteiger partial charge in [0.2, 0.25) is 10.0 Å². The van der Waals surface area contributed by atoms with Crippen molar-refractivity contribution < 1.29 is 37.4 Å². The van der Waals surface area contributed by atoms with E-state index in [9.17, 15) is 27.9 Å². The Kier molecular flexibility index (Phi) is 8.82. The van der Waals surface area contributed by atoms with Crippen molar-refractivity contribution in [1.29, 1.82) is 0 Å². The van der Waals surface area contributed by atoms with Crippen LogP contribution >= 0.6 is 0 Å². The van der Waals surface area contributed by atoms with Crippen LogP contribution in [0.3, 0.4) is 0 Å². The minimum atomic E-state index is -3.91. The number of esters is 1. The molecule has 1 aromatic carbocycles. The Hall–Kier alpha value is -3.16. The smallest absolute Gasteiger partial charge is 0.410 e. The summed E-state index contributed by atoms with van der Waals surface area (Å²) < 4.78 is 39.0. The normalized spacial score (nSPS) is 17.3. The molecule has 0 saturated carbocycles. The second-order valence-corrected chi connectivity index (χ2v) is 11.5. The lowest BCUT2D eigenvalue weighted by Crippen LogP contribution is -2.47. The van der Waals surface area contributed by atoms with Gasteiger partial charge in [-0.3, -0.25) is 4.79 Å². The van der Waals surface area contributed by atoms with Crippen molar-refractivity contribution in [1.82, 2.24) is 14.5 Å². The van der Waals surface area contributed by atoms with Gasteiger partial charge in [0.15, 0.2) is 0 Å². The van der Waals surface area contributed by atoms with Crippen LogP contribution in [0.25, 0.3) is 0 Å². The van der Waals surface area contributed by atoms with E-state index in [1.54, 1.807) is 31.7 Å². The summed E-state index contributed by atoms with van der Waals surface area (Å²) in [4.78, 5) is 40.0. The van der Waals surface area contributed by atoms with Crippen LogP contribution in [0.15, 0.2) is 40.4 Å². The van der Waals surface area contributed by atoms with Gasteiger partial charge in [-0.1, -0.05) is 6.07 Å². The first-order chi connectivity index (χ1) is 17.3. The fourth-order valence-electron chi connectivity index (χ4n) is 4.03. The first-order valence-corrected chi connectivity index (χ1v) is 13.4. The number of methoxy groups -OCH3 is 1. The summed E-state index contributed by atoms with van der Waals surface area (Å²) in [6, 6.07) is 5.51. The maximum Gasteiger partial charge on any atom is 0.410 e. The molecule has 0 bridgehead atoms. The van der Waals surface area contributed by atoms with Crippen LogP contribution in [0, 0.1) is 0 Å². The zero-order chi connectivity index (χ0) is 27.4. The van der Waals surface area contributed by atoms with E-state index in [1.165, 1.54) is 30.2 Å². The maximum absolute atomic E-state index is 13.1. The number of carbonyl (C=O) groups excluding carboxylic acids is 3. The number of piperidine rings is 1. The topological polar surface area (TPSA) is 155 Å². The molecule has 204 valence electrons. The second-order valence-electron chi connectivity index (χ2n) is 9.81. The van der Waals surface area contributed by atoms with Gasteiger partial charge in [-0.25, -0.2) is 22.7 Å². The molecule has 1 saturated heterocycles. The number of carbonyl (C=O) groups is 3. The number of sulfonamides is 1. The average molecular weight is 539 g/mol. The lowest BCUT2D eigenvalue weighted by atomic mass is 10.1. The summed E-state index contributed by atoms with van der Waals surface area (Å²) in [5.41, 5.74) is -0.262. The van der Waals surface area contributed by atoms with E-state index in [2.05, 4.69) is 10.0 Å². The molecule has 0 spiro atoms. The first kappa shape index (κ1) is 28.4. The predicted molar refractivity (Wildman–Crippen MR) is 134 cm³/mol. The lowest BCUT2D eigenvalue weighted by molar-refractivity contribution is -0.136. The van der Waals surface area contributed by atoms with Gasteiger partial charge in [0.25, 0.3) is 5.91 Å². The number of likely N-dealkylation sites (tertiary alicyclic amines) is 1. The van der Waals surface area contributed by atoms with E-state index in [1.807, 2.05) is 0 Å². The zero-order valence-electron chi connectivity index (χ0n) is 21.4. The number of nitrogens with zero attached hydrogens (tertiary/aromatic N) is 2. The second kappa shape index (κ2) is 11.5. The van der Waals surface area contributed by atoms with E-state index >= 15 is 0 Å². The number of hydrogen-bond donors (Lipinski definition) is 3.